The second-order valence-electron chi connectivity index (χ2n) is 6.19. The van der Waals surface area contributed by atoms with Crippen LogP contribution in [0.15, 0.2) is 28.7 Å². The summed E-state index contributed by atoms with van der Waals surface area (Å²) < 4.78 is 6.59. The monoisotopic (exact) mass is 368 g/mol. The van der Waals surface area contributed by atoms with E-state index in [1.54, 1.807) is 0 Å². The average molecular weight is 369 g/mol. The van der Waals surface area contributed by atoms with E-state index in [1.807, 2.05) is 6.92 Å². The van der Waals surface area contributed by atoms with Gasteiger partial charge < -0.3 is 15.8 Å². The van der Waals surface area contributed by atoms with Crippen molar-refractivity contribution in [3.05, 3.63) is 34.3 Å². The molecule has 0 aliphatic carbocycles. The van der Waals surface area contributed by atoms with E-state index < -0.39 is 0 Å². The van der Waals surface area contributed by atoms with Gasteiger partial charge in [-0.3, -0.25) is 4.79 Å². The first-order valence-corrected chi connectivity index (χ1v) is 8.67. The maximum absolute atomic E-state index is 12.0. The predicted molar refractivity (Wildman–Crippen MR) is 91.8 cm³/mol. The van der Waals surface area contributed by atoms with Crippen molar-refractivity contribution in [1.82, 2.24) is 5.32 Å². The summed E-state index contributed by atoms with van der Waals surface area (Å²) >= 11 is 3.48. The minimum atomic E-state index is -0.0249. The molecule has 1 aromatic rings. The quantitative estimate of drug-likeness (QED) is 0.811. The molecule has 4 nitrogen and oxygen atoms in total. The van der Waals surface area contributed by atoms with Gasteiger partial charge >= 0.3 is 0 Å². The van der Waals surface area contributed by atoms with Crippen LogP contribution in [0, 0.1) is 0 Å². The molecule has 3 N–H and O–H groups in total. The van der Waals surface area contributed by atoms with Crippen LogP contribution < -0.4 is 11.1 Å². The van der Waals surface area contributed by atoms with Gasteiger partial charge in [-0.05, 0) is 43.9 Å². The Labute approximate surface area is 140 Å². The van der Waals surface area contributed by atoms with E-state index in [0.29, 0.717) is 13.0 Å². The van der Waals surface area contributed by atoms with Gasteiger partial charge in [0.1, 0.15) is 0 Å². The van der Waals surface area contributed by atoms with Crippen molar-refractivity contribution < 1.29 is 9.53 Å². The highest BCUT2D eigenvalue weighted by Crippen LogP contribution is 2.34. The molecule has 122 valence electrons. The summed E-state index contributed by atoms with van der Waals surface area (Å²) in [5.74, 6) is 0.0836. The molecule has 2 rings (SSSR count). The fraction of sp³-hybridized carbons (Fsp3) is 0.588. The number of nitrogens with one attached hydrogen (secondary N) is 1. The Kier molecular flexibility index (Phi) is 6.41. The van der Waals surface area contributed by atoms with Crippen molar-refractivity contribution in [3.8, 4) is 0 Å². The molecule has 0 aromatic heterocycles. The Balaban J connectivity index is 2.03. The van der Waals surface area contributed by atoms with Crippen molar-refractivity contribution in [3.63, 3.8) is 0 Å². The zero-order chi connectivity index (χ0) is 16.0. The number of benzene rings is 1. The molecule has 0 bridgehead atoms. The summed E-state index contributed by atoms with van der Waals surface area (Å²) in [6.07, 6.45) is 3.08. The summed E-state index contributed by atoms with van der Waals surface area (Å²) in [7, 11) is 0. The third-order valence-corrected chi connectivity index (χ3v) is 4.89. The zero-order valence-corrected chi connectivity index (χ0v) is 14.7. The molecule has 1 aromatic carbocycles. The van der Waals surface area contributed by atoms with Crippen LogP contribution >= 0.6 is 15.9 Å². The molecule has 0 spiro atoms. The van der Waals surface area contributed by atoms with Gasteiger partial charge in [-0.15, -0.1) is 0 Å². The summed E-state index contributed by atoms with van der Waals surface area (Å²) in [6.45, 7) is 4.07. The molecule has 1 heterocycles. The van der Waals surface area contributed by atoms with Crippen LogP contribution in [0.1, 0.15) is 38.2 Å². The number of amides is 1. The summed E-state index contributed by atoms with van der Waals surface area (Å²) in [5.41, 5.74) is 6.95. The Hall–Kier alpha value is -0.910. The van der Waals surface area contributed by atoms with Crippen LogP contribution in [0.3, 0.4) is 0 Å². The fourth-order valence-electron chi connectivity index (χ4n) is 2.85. The number of hydrogen-bond donors (Lipinski definition) is 2. The third-order valence-electron chi connectivity index (χ3n) is 4.36. The van der Waals surface area contributed by atoms with E-state index in [1.165, 1.54) is 5.56 Å². The molecule has 1 saturated heterocycles. The van der Waals surface area contributed by atoms with Gasteiger partial charge in [-0.2, -0.15) is 0 Å². The van der Waals surface area contributed by atoms with Crippen molar-refractivity contribution >= 4 is 21.8 Å². The molecule has 1 amide bonds. The Morgan fingerprint density at radius 2 is 2.00 bits per heavy atom. The minimum absolute atomic E-state index is 0.0249. The molecule has 1 atom stereocenters. The number of carbonyl (C=O) groups is 1. The van der Waals surface area contributed by atoms with Gasteiger partial charge in [0.2, 0.25) is 5.91 Å². The molecule has 1 aliphatic rings. The van der Waals surface area contributed by atoms with Gasteiger partial charge in [0.25, 0.3) is 0 Å². The number of nitrogens with two attached hydrogens (primary N) is 1. The van der Waals surface area contributed by atoms with E-state index >= 15 is 0 Å². The van der Waals surface area contributed by atoms with Crippen molar-refractivity contribution in [2.45, 2.75) is 44.1 Å². The number of carbonyl (C=O) groups excluding carboxylic acids is 1. The van der Waals surface area contributed by atoms with Crippen LogP contribution in [-0.2, 0) is 14.9 Å². The largest absolute Gasteiger partial charge is 0.381 e. The second-order valence-corrected chi connectivity index (χ2v) is 7.11. The van der Waals surface area contributed by atoms with Gasteiger partial charge in [0.05, 0.1) is 0 Å². The highest BCUT2D eigenvalue weighted by Gasteiger charge is 2.34. The van der Waals surface area contributed by atoms with Gasteiger partial charge in [0.15, 0.2) is 0 Å². The third kappa shape index (κ3) is 4.80. The molecule has 0 radical (unpaired) electrons. The highest BCUT2D eigenvalue weighted by molar-refractivity contribution is 9.10. The molecule has 0 saturated carbocycles. The number of hydrogen-bond acceptors (Lipinski definition) is 3. The summed E-state index contributed by atoms with van der Waals surface area (Å²) in [6, 6.07) is 8.47. The molecule has 1 fully saturated rings. The lowest BCUT2D eigenvalue weighted by atomic mass is 9.74. The fourth-order valence-corrected chi connectivity index (χ4v) is 3.11. The van der Waals surface area contributed by atoms with E-state index in [4.69, 9.17) is 10.5 Å². The highest BCUT2D eigenvalue weighted by atomic mass is 79.9. The normalized spacial score (nSPS) is 18.7. The minimum Gasteiger partial charge on any atom is -0.381 e. The summed E-state index contributed by atoms with van der Waals surface area (Å²) in [5, 5.41) is 3.10. The van der Waals surface area contributed by atoms with Crippen LogP contribution in [-0.4, -0.2) is 31.7 Å². The van der Waals surface area contributed by atoms with Crippen molar-refractivity contribution in [2.24, 2.45) is 5.73 Å². The number of ether oxygens (including phenoxy) is 1. The Bertz CT molecular complexity index is 482. The van der Waals surface area contributed by atoms with Crippen LogP contribution in [0.2, 0.25) is 0 Å². The average Bonchev–Trinajstić information content (AvgIpc) is 2.52. The molecular formula is C17H25BrN2O2. The van der Waals surface area contributed by atoms with Crippen LogP contribution in [0.4, 0.5) is 0 Å². The van der Waals surface area contributed by atoms with E-state index in [-0.39, 0.29) is 17.4 Å². The SMILES string of the molecule is CC(N)CCC(=O)NCC1(c2ccc(Br)cc2)CCOCC1. The van der Waals surface area contributed by atoms with Gasteiger partial charge in [-0.1, -0.05) is 28.1 Å². The maximum atomic E-state index is 12.0. The smallest absolute Gasteiger partial charge is 0.220 e. The lowest BCUT2D eigenvalue weighted by molar-refractivity contribution is -0.121. The van der Waals surface area contributed by atoms with Crippen LogP contribution in [0.25, 0.3) is 0 Å². The first-order chi connectivity index (χ1) is 10.5. The number of rotatable bonds is 6. The standard InChI is InChI=1S/C17H25BrN2O2/c1-13(19)2-7-16(21)20-12-17(8-10-22-11-9-17)14-3-5-15(18)6-4-14/h3-6,13H,2,7-12,19H2,1H3,(H,20,21). The molecule has 5 heteroatoms. The topological polar surface area (TPSA) is 64.4 Å². The zero-order valence-electron chi connectivity index (χ0n) is 13.1. The molecule has 1 unspecified atom stereocenters. The first-order valence-electron chi connectivity index (χ1n) is 7.88. The van der Waals surface area contributed by atoms with E-state index in [0.717, 1.165) is 36.9 Å². The molecule has 1 aliphatic heterocycles. The predicted octanol–water partition coefficient (Wildman–Crippen LogP) is 2.74. The van der Waals surface area contributed by atoms with Crippen LogP contribution in [0.5, 0.6) is 0 Å². The molecule has 22 heavy (non-hydrogen) atoms. The Morgan fingerprint density at radius 3 is 2.59 bits per heavy atom. The lowest BCUT2D eigenvalue weighted by Gasteiger charge is -2.38. The first kappa shape index (κ1) is 17.4. The van der Waals surface area contributed by atoms with Gasteiger partial charge in [-0.25, -0.2) is 0 Å². The summed E-state index contributed by atoms with van der Waals surface area (Å²) in [4.78, 5) is 12.0. The van der Waals surface area contributed by atoms with Crippen molar-refractivity contribution in [2.75, 3.05) is 19.8 Å². The van der Waals surface area contributed by atoms with Crippen molar-refractivity contribution in [1.29, 1.82) is 0 Å². The lowest BCUT2D eigenvalue weighted by Crippen LogP contribution is -2.44. The Morgan fingerprint density at radius 1 is 1.36 bits per heavy atom. The maximum Gasteiger partial charge on any atom is 0.220 e. The second kappa shape index (κ2) is 8.09. The van der Waals surface area contributed by atoms with E-state index in [2.05, 4.69) is 45.5 Å². The van der Waals surface area contributed by atoms with E-state index in [9.17, 15) is 4.79 Å². The number of halogens is 1. The van der Waals surface area contributed by atoms with Gasteiger partial charge in [0, 0.05) is 42.1 Å². The molecular weight excluding hydrogens is 344 g/mol.